The molecule has 0 aliphatic carbocycles. The third kappa shape index (κ3) is 2.50. The molecule has 100 valence electrons. The zero-order valence-corrected chi connectivity index (χ0v) is 11.8. The highest BCUT2D eigenvalue weighted by atomic mass is 79.9. The molecule has 2 heterocycles. The standard InChI is InChI=1S/C13H14BrFN4/c14-10-5-8(1-2-11(10)15)12-6-13(18-17-12)19-4-3-9(16)7-19/h1-2,5-6,9H,3-4,7,16H2,(H,17,18). The summed E-state index contributed by atoms with van der Waals surface area (Å²) in [6, 6.07) is 7.10. The second-order valence-electron chi connectivity index (χ2n) is 4.76. The van der Waals surface area contributed by atoms with Gasteiger partial charge in [0.25, 0.3) is 0 Å². The van der Waals surface area contributed by atoms with Crippen LogP contribution in [0.1, 0.15) is 6.42 Å². The molecule has 6 heteroatoms. The number of hydrogen-bond donors (Lipinski definition) is 2. The van der Waals surface area contributed by atoms with Gasteiger partial charge < -0.3 is 10.6 Å². The van der Waals surface area contributed by atoms with E-state index in [4.69, 9.17) is 5.73 Å². The van der Waals surface area contributed by atoms with Crippen LogP contribution in [0, 0.1) is 5.82 Å². The lowest BCUT2D eigenvalue weighted by Crippen LogP contribution is -2.26. The molecule has 1 aliphatic heterocycles. The number of hydrogen-bond acceptors (Lipinski definition) is 3. The Morgan fingerprint density at radius 1 is 1.42 bits per heavy atom. The Hall–Kier alpha value is -1.40. The van der Waals surface area contributed by atoms with Crippen LogP contribution in [0.5, 0.6) is 0 Å². The molecule has 3 rings (SSSR count). The van der Waals surface area contributed by atoms with Gasteiger partial charge >= 0.3 is 0 Å². The van der Waals surface area contributed by atoms with Crippen molar-refractivity contribution in [3.8, 4) is 11.3 Å². The number of aromatic amines is 1. The van der Waals surface area contributed by atoms with Crippen LogP contribution in [-0.2, 0) is 0 Å². The first kappa shape index (κ1) is 12.6. The molecule has 1 aromatic carbocycles. The van der Waals surface area contributed by atoms with Crippen molar-refractivity contribution in [2.45, 2.75) is 12.5 Å². The van der Waals surface area contributed by atoms with Gasteiger partial charge in [0, 0.05) is 30.8 Å². The van der Waals surface area contributed by atoms with Gasteiger partial charge in [0.15, 0.2) is 5.82 Å². The van der Waals surface area contributed by atoms with Crippen LogP contribution < -0.4 is 10.6 Å². The van der Waals surface area contributed by atoms with E-state index in [2.05, 4.69) is 31.0 Å². The van der Waals surface area contributed by atoms with Gasteiger partial charge in [0.1, 0.15) is 5.82 Å². The molecule has 3 N–H and O–H groups in total. The van der Waals surface area contributed by atoms with Gasteiger partial charge in [-0.1, -0.05) is 0 Å². The van der Waals surface area contributed by atoms with Crippen LogP contribution in [0.4, 0.5) is 10.2 Å². The van der Waals surface area contributed by atoms with Gasteiger partial charge in [-0.25, -0.2) is 4.39 Å². The van der Waals surface area contributed by atoms with E-state index in [1.807, 2.05) is 6.07 Å². The molecule has 0 saturated carbocycles. The maximum atomic E-state index is 13.2. The highest BCUT2D eigenvalue weighted by Crippen LogP contribution is 2.27. The Bertz CT molecular complexity index is 598. The number of aromatic nitrogens is 2. The smallest absolute Gasteiger partial charge is 0.151 e. The number of halogens is 2. The third-order valence-electron chi connectivity index (χ3n) is 3.34. The van der Waals surface area contributed by atoms with Crippen molar-refractivity contribution >= 4 is 21.7 Å². The number of benzene rings is 1. The molecular formula is C13H14BrFN4. The average molecular weight is 325 g/mol. The SMILES string of the molecule is NC1CCN(c2cc(-c3ccc(F)c(Br)c3)[nH]n2)C1. The fourth-order valence-corrected chi connectivity index (χ4v) is 2.66. The Morgan fingerprint density at radius 3 is 2.95 bits per heavy atom. The van der Waals surface area contributed by atoms with E-state index in [9.17, 15) is 4.39 Å². The lowest BCUT2D eigenvalue weighted by atomic mass is 10.1. The van der Waals surface area contributed by atoms with E-state index < -0.39 is 0 Å². The topological polar surface area (TPSA) is 57.9 Å². The minimum absolute atomic E-state index is 0.222. The molecule has 0 amide bonds. The Morgan fingerprint density at radius 2 is 2.26 bits per heavy atom. The van der Waals surface area contributed by atoms with Gasteiger partial charge in [0.05, 0.1) is 10.2 Å². The zero-order valence-electron chi connectivity index (χ0n) is 10.2. The number of nitrogens with one attached hydrogen (secondary N) is 1. The van der Waals surface area contributed by atoms with Crippen LogP contribution >= 0.6 is 15.9 Å². The summed E-state index contributed by atoms with van der Waals surface area (Å²) >= 11 is 3.19. The number of H-pyrrole nitrogens is 1. The highest BCUT2D eigenvalue weighted by molar-refractivity contribution is 9.10. The fourth-order valence-electron chi connectivity index (χ4n) is 2.28. The Balaban J connectivity index is 1.86. The Kier molecular flexibility index (Phi) is 3.28. The van der Waals surface area contributed by atoms with Gasteiger partial charge in [-0.05, 0) is 40.5 Å². The van der Waals surface area contributed by atoms with E-state index in [0.717, 1.165) is 36.6 Å². The molecule has 0 radical (unpaired) electrons. The van der Waals surface area contributed by atoms with Gasteiger partial charge in [-0.2, -0.15) is 5.10 Å². The van der Waals surface area contributed by atoms with Crippen LogP contribution in [0.25, 0.3) is 11.3 Å². The lowest BCUT2D eigenvalue weighted by molar-refractivity contribution is 0.621. The zero-order chi connectivity index (χ0) is 13.4. The monoisotopic (exact) mass is 324 g/mol. The Labute approximate surface area is 118 Å². The first-order chi connectivity index (χ1) is 9.13. The van der Waals surface area contributed by atoms with E-state index in [-0.39, 0.29) is 11.9 Å². The molecule has 1 atom stereocenters. The van der Waals surface area contributed by atoms with Crippen molar-refractivity contribution < 1.29 is 4.39 Å². The van der Waals surface area contributed by atoms with Crippen molar-refractivity contribution in [2.75, 3.05) is 18.0 Å². The molecule has 1 unspecified atom stereocenters. The molecule has 0 spiro atoms. The number of nitrogens with two attached hydrogens (primary N) is 1. The van der Waals surface area contributed by atoms with Gasteiger partial charge in [0.2, 0.25) is 0 Å². The van der Waals surface area contributed by atoms with Gasteiger partial charge in [-0.3, -0.25) is 5.10 Å². The fraction of sp³-hybridized carbons (Fsp3) is 0.308. The average Bonchev–Trinajstić information content (AvgIpc) is 3.01. The van der Waals surface area contributed by atoms with E-state index in [1.54, 1.807) is 12.1 Å². The first-order valence-corrected chi connectivity index (χ1v) is 6.94. The number of rotatable bonds is 2. The van der Waals surface area contributed by atoms with Crippen molar-refractivity contribution in [1.82, 2.24) is 10.2 Å². The van der Waals surface area contributed by atoms with Crippen molar-refractivity contribution in [3.05, 3.63) is 34.6 Å². The summed E-state index contributed by atoms with van der Waals surface area (Å²) in [5.74, 6) is 0.623. The van der Waals surface area contributed by atoms with Crippen LogP contribution in [0.15, 0.2) is 28.7 Å². The summed E-state index contributed by atoms with van der Waals surface area (Å²) in [7, 11) is 0. The molecule has 1 fully saturated rings. The summed E-state index contributed by atoms with van der Waals surface area (Å²) in [5, 5.41) is 7.28. The predicted molar refractivity (Wildman–Crippen MR) is 76.5 cm³/mol. The molecule has 1 saturated heterocycles. The maximum Gasteiger partial charge on any atom is 0.151 e. The summed E-state index contributed by atoms with van der Waals surface area (Å²) in [6.45, 7) is 1.76. The number of anilines is 1. The summed E-state index contributed by atoms with van der Waals surface area (Å²) in [6.07, 6.45) is 0.990. The van der Waals surface area contributed by atoms with Crippen molar-refractivity contribution in [2.24, 2.45) is 5.73 Å². The van der Waals surface area contributed by atoms with Crippen LogP contribution in [0.2, 0.25) is 0 Å². The quantitative estimate of drug-likeness (QED) is 0.892. The minimum atomic E-state index is -0.269. The molecule has 1 aliphatic rings. The second kappa shape index (κ2) is 4.94. The summed E-state index contributed by atoms with van der Waals surface area (Å²) < 4.78 is 13.7. The first-order valence-electron chi connectivity index (χ1n) is 6.15. The predicted octanol–water partition coefficient (Wildman–Crippen LogP) is 2.52. The molecule has 4 nitrogen and oxygen atoms in total. The van der Waals surface area contributed by atoms with E-state index in [0.29, 0.717) is 4.47 Å². The largest absolute Gasteiger partial charge is 0.354 e. The minimum Gasteiger partial charge on any atom is -0.354 e. The third-order valence-corrected chi connectivity index (χ3v) is 3.95. The molecule has 19 heavy (non-hydrogen) atoms. The maximum absolute atomic E-state index is 13.2. The molecule has 0 bridgehead atoms. The van der Waals surface area contributed by atoms with Crippen molar-refractivity contribution in [3.63, 3.8) is 0 Å². The normalized spacial score (nSPS) is 19.1. The van der Waals surface area contributed by atoms with Crippen molar-refractivity contribution in [1.29, 1.82) is 0 Å². The van der Waals surface area contributed by atoms with E-state index >= 15 is 0 Å². The number of nitrogens with zero attached hydrogens (tertiary/aromatic N) is 2. The highest BCUT2D eigenvalue weighted by Gasteiger charge is 2.21. The van der Waals surface area contributed by atoms with E-state index in [1.165, 1.54) is 6.07 Å². The molecule has 1 aromatic heterocycles. The van der Waals surface area contributed by atoms with Gasteiger partial charge in [-0.15, -0.1) is 0 Å². The molecule has 2 aromatic rings. The summed E-state index contributed by atoms with van der Waals surface area (Å²) in [5.41, 5.74) is 7.66. The second-order valence-corrected chi connectivity index (χ2v) is 5.62. The molecular weight excluding hydrogens is 311 g/mol. The lowest BCUT2D eigenvalue weighted by Gasteiger charge is -2.13. The summed E-state index contributed by atoms with van der Waals surface area (Å²) in [4.78, 5) is 2.16. The van der Waals surface area contributed by atoms with Crippen LogP contribution in [-0.4, -0.2) is 29.3 Å². The van der Waals surface area contributed by atoms with Crippen LogP contribution in [0.3, 0.4) is 0 Å².